The number of amides is 1. The summed E-state index contributed by atoms with van der Waals surface area (Å²) in [6.07, 6.45) is 8.33. The van der Waals surface area contributed by atoms with Gasteiger partial charge in [0, 0.05) is 36.1 Å². The van der Waals surface area contributed by atoms with Crippen LogP contribution in [0.3, 0.4) is 0 Å². The van der Waals surface area contributed by atoms with E-state index in [2.05, 4.69) is 34.1 Å². The summed E-state index contributed by atoms with van der Waals surface area (Å²) >= 11 is 0. The first-order valence-corrected chi connectivity index (χ1v) is 14.0. The Balaban J connectivity index is 1.29. The highest BCUT2D eigenvalue weighted by Gasteiger charge is 2.27. The van der Waals surface area contributed by atoms with Crippen molar-refractivity contribution in [2.75, 3.05) is 13.7 Å². The molecule has 202 valence electrons. The summed E-state index contributed by atoms with van der Waals surface area (Å²) in [5, 5.41) is 7.21. The Morgan fingerprint density at radius 3 is 2.55 bits per heavy atom. The van der Waals surface area contributed by atoms with Gasteiger partial charge in [0.2, 0.25) is 5.91 Å². The fourth-order valence-electron chi connectivity index (χ4n) is 5.74. The molecular weight excluding hydrogens is 498 g/mol. The van der Waals surface area contributed by atoms with Gasteiger partial charge in [-0.25, -0.2) is 9.67 Å². The van der Waals surface area contributed by atoms with Gasteiger partial charge in [-0.05, 0) is 53.4 Å². The Kier molecular flexibility index (Phi) is 7.53. The molecule has 0 unspecified atom stereocenters. The molecule has 2 heterocycles. The predicted octanol–water partition coefficient (Wildman–Crippen LogP) is 6.18. The third kappa shape index (κ3) is 5.45. The van der Waals surface area contributed by atoms with Gasteiger partial charge < -0.3 is 9.64 Å². The van der Waals surface area contributed by atoms with Crippen molar-refractivity contribution < 1.29 is 9.53 Å². The number of carbonyl (C=O) groups is 1. The van der Waals surface area contributed by atoms with Crippen LogP contribution in [0, 0.1) is 0 Å². The van der Waals surface area contributed by atoms with Crippen LogP contribution in [0.4, 0.5) is 0 Å². The molecule has 0 saturated heterocycles. The molecule has 0 bridgehead atoms. The average Bonchev–Trinajstić information content (AvgIpc) is 3.69. The molecule has 0 aliphatic heterocycles. The molecule has 7 nitrogen and oxygen atoms in total. The highest BCUT2D eigenvalue weighted by atomic mass is 16.5. The van der Waals surface area contributed by atoms with Gasteiger partial charge in [0.25, 0.3) is 0 Å². The van der Waals surface area contributed by atoms with E-state index in [9.17, 15) is 4.79 Å². The van der Waals surface area contributed by atoms with Crippen molar-refractivity contribution in [1.82, 2.24) is 24.6 Å². The molecule has 1 aliphatic carbocycles. The van der Waals surface area contributed by atoms with E-state index in [-0.39, 0.29) is 11.9 Å². The maximum absolute atomic E-state index is 13.9. The van der Waals surface area contributed by atoms with Gasteiger partial charge in [-0.1, -0.05) is 67.4 Å². The molecule has 40 heavy (non-hydrogen) atoms. The lowest BCUT2D eigenvalue weighted by atomic mass is 10.0. The highest BCUT2D eigenvalue weighted by Crippen LogP contribution is 2.28. The quantitative estimate of drug-likeness (QED) is 0.227. The zero-order chi connectivity index (χ0) is 27.3. The van der Waals surface area contributed by atoms with E-state index >= 15 is 0 Å². The third-order valence-corrected chi connectivity index (χ3v) is 7.80. The molecule has 0 atom stereocenters. The Labute approximate surface area is 234 Å². The third-order valence-electron chi connectivity index (χ3n) is 7.80. The van der Waals surface area contributed by atoms with E-state index in [4.69, 9.17) is 14.8 Å². The van der Waals surface area contributed by atoms with Crippen LogP contribution in [0.15, 0.2) is 91.3 Å². The SMILES string of the molecule is COc1cccc(-c2nc(-c3ccncc3)n(CCN(C(=O)Cc3cccc4ccccc34)C3CCCC3)n2)c1. The largest absolute Gasteiger partial charge is 0.497 e. The van der Waals surface area contributed by atoms with Crippen LogP contribution in [-0.4, -0.2) is 50.3 Å². The first-order valence-electron chi connectivity index (χ1n) is 14.0. The van der Waals surface area contributed by atoms with E-state index < -0.39 is 0 Å². The van der Waals surface area contributed by atoms with E-state index in [1.165, 1.54) is 0 Å². The molecule has 1 aliphatic rings. The van der Waals surface area contributed by atoms with Gasteiger partial charge in [0.15, 0.2) is 11.6 Å². The molecule has 2 aromatic heterocycles. The number of hydrogen-bond donors (Lipinski definition) is 0. The molecule has 1 fully saturated rings. The second-order valence-corrected chi connectivity index (χ2v) is 10.3. The van der Waals surface area contributed by atoms with Crippen LogP contribution in [0.2, 0.25) is 0 Å². The number of hydrogen-bond acceptors (Lipinski definition) is 5. The topological polar surface area (TPSA) is 73.1 Å². The highest BCUT2D eigenvalue weighted by molar-refractivity contribution is 5.90. The minimum Gasteiger partial charge on any atom is -0.497 e. The molecule has 0 radical (unpaired) electrons. The fraction of sp³-hybridized carbons (Fsp3) is 0.273. The zero-order valence-corrected chi connectivity index (χ0v) is 22.7. The van der Waals surface area contributed by atoms with Crippen molar-refractivity contribution in [3.8, 4) is 28.5 Å². The molecule has 0 spiro atoms. The van der Waals surface area contributed by atoms with Crippen molar-refractivity contribution in [3.63, 3.8) is 0 Å². The van der Waals surface area contributed by atoms with Crippen molar-refractivity contribution in [2.45, 2.75) is 44.7 Å². The number of aromatic nitrogens is 4. The van der Waals surface area contributed by atoms with Crippen molar-refractivity contribution >= 4 is 16.7 Å². The number of pyridine rings is 1. The minimum absolute atomic E-state index is 0.168. The predicted molar refractivity (Wildman–Crippen MR) is 157 cm³/mol. The summed E-state index contributed by atoms with van der Waals surface area (Å²) in [7, 11) is 1.65. The van der Waals surface area contributed by atoms with Crippen molar-refractivity contribution in [3.05, 3.63) is 96.8 Å². The maximum Gasteiger partial charge on any atom is 0.227 e. The Morgan fingerprint density at radius 2 is 1.73 bits per heavy atom. The first-order chi connectivity index (χ1) is 19.7. The molecular formula is C33H33N5O2. The number of carbonyl (C=O) groups excluding carboxylic acids is 1. The number of methoxy groups -OCH3 is 1. The van der Waals surface area contributed by atoms with Gasteiger partial charge in [-0.3, -0.25) is 9.78 Å². The van der Waals surface area contributed by atoms with E-state index in [0.29, 0.717) is 25.3 Å². The lowest BCUT2D eigenvalue weighted by molar-refractivity contribution is -0.132. The van der Waals surface area contributed by atoms with Gasteiger partial charge >= 0.3 is 0 Å². The van der Waals surface area contributed by atoms with Gasteiger partial charge in [-0.2, -0.15) is 5.10 Å². The summed E-state index contributed by atoms with van der Waals surface area (Å²) < 4.78 is 7.35. The number of benzene rings is 3. The molecule has 6 rings (SSSR count). The molecule has 3 aromatic carbocycles. The summed E-state index contributed by atoms with van der Waals surface area (Å²) in [4.78, 5) is 25.1. The Bertz CT molecular complexity index is 1600. The molecule has 7 heteroatoms. The Morgan fingerprint density at radius 1 is 0.950 bits per heavy atom. The fourth-order valence-corrected chi connectivity index (χ4v) is 5.74. The summed E-state index contributed by atoms with van der Waals surface area (Å²) in [6.45, 7) is 1.12. The lowest BCUT2D eigenvalue weighted by Crippen LogP contribution is -2.42. The summed E-state index contributed by atoms with van der Waals surface area (Å²) in [5.74, 6) is 2.31. The lowest BCUT2D eigenvalue weighted by Gasteiger charge is -2.29. The average molecular weight is 532 g/mol. The number of fused-ring (bicyclic) bond motifs is 1. The van der Waals surface area contributed by atoms with Gasteiger partial charge in [-0.15, -0.1) is 0 Å². The second kappa shape index (κ2) is 11.7. The minimum atomic E-state index is 0.168. The van der Waals surface area contributed by atoms with Crippen LogP contribution in [-0.2, 0) is 17.8 Å². The van der Waals surface area contributed by atoms with Crippen LogP contribution in [0.25, 0.3) is 33.5 Å². The van der Waals surface area contributed by atoms with Crippen molar-refractivity contribution in [1.29, 1.82) is 0 Å². The molecule has 0 N–H and O–H groups in total. The van der Waals surface area contributed by atoms with Crippen LogP contribution in [0.5, 0.6) is 5.75 Å². The number of rotatable bonds is 9. The number of nitrogens with zero attached hydrogens (tertiary/aromatic N) is 5. The second-order valence-electron chi connectivity index (χ2n) is 10.3. The number of ether oxygens (including phenoxy) is 1. The monoisotopic (exact) mass is 531 g/mol. The van der Waals surface area contributed by atoms with Crippen LogP contribution in [0.1, 0.15) is 31.2 Å². The van der Waals surface area contributed by atoms with Gasteiger partial charge in [0.1, 0.15) is 5.75 Å². The Hall–Kier alpha value is -4.52. The van der Waals surface area contributed by atoms with Crippen molar-refractivity contribution in [2.24, 2.45) is 0 Å². The molecule has 1 amide bonds. The van der Waals surface area contributed by atoms with Crippen LogP contribution < -0.4 is 4.74 Å². The normalized spacial score (nSPS) is 13.5. The molecule has 5 aromatic rings. The van der Waals surface area contributed by atoms with E-state index in [1.54, 1.807) is 19.5 Å². The smallest absolute Gasteiger partial charge is 0.227 e. The standard InChI is InChI=1S/C33H33N5O2/c1-40-29-14-7-11-27(22-29)32-35-33(25-16-18-34-19-17-25)38(36-32)21-20-37(28-12-3-4-13-28)31(39)23-26-10-6-9-24-8-2-5-15-30(24)26/h2,5-11,14-19,22,28H,3-4,12-13,20-21,23H2,1H3. The maximum atomic E-state index is 13.9. The summed E-state index contributed by atoms with van der Waals surface area (Å²) in [6, 6.07) is 26.4. The van der Waals surface area contributed by atoms with Gasteiger partial charge in [0.05, 0.1) is 20.1 Å². The van der Waals surface area contributed by atoms with E-state index in [0.717, 1.165) is 64.7 Å². The van der Waals surface area contributed by atoms with E-state index in [1.807, 2.05) is 59.3 Å². The van der Waals surface area contributed by atoms with Crippen LogP contribution >= 0.6 is 0 Å². The summed E-state index contributed by atoms with van der Waals surface area (Å²) in [5.41, 5.74) is 2.89. The first kappa shape index (κ1) is 25.7. The molecule has 1 saturated carbocycles. The zero-order valence-electron chi connectivity index (χ0n) is 22.7.